The molecule has 0 atom stereocenters. The van der Waals surface area contributed by atoms with Crippen LogP contribution in [0.4, 0.5) is 11.4 Å². The van der Waals surface area contributed by atoms with Gasteiger partial charge in [0, 0.05) is 39.8 Å². The van der Waals surface area contributed by atoms with E-state index in [9.17, 15) is 0 Å². The second-order valence-electron chi connectivity index (χ2n) is 17.7. The van der Waals surface area contributed by atoms with Crippen LogP contribution in [-0.4, -0.2) is 11.1 Å². The van der Waals surface area contributed by atoms with E-state index in [2.05, 4.69) is 242 Å². The predicted octanol–water partition coefficient (Wildman–Crippen LogP) is 16.5. The SMILES string of the molecule is C#C/C=C(\C=C/CN(c1ccc(-c2ccc3c(c2)c2cc(-c4ccccc4)ccc2n3-c2ccc(-c3ccccc3)cc2)cc1)c1ccc2c(c1)C(C)(C)c1ccccc1-2)c1ccccc1. The molecule has 0 saturated heterocycles. The number of aromatic nitrogens is 1. The normalized spacial score (nSPS) is 12.9. The van der Waals surface area contributed by atoms with E-state index < -0.39 is 0 Å². The fourth-order valence-electron chi connectivity index (χ4n) is 10.0. The lowest BCUT2D eigenvalue weighted by molar-refractivity contribution is 0.660. The second-order valence-corrected chi connectivity index (χ2v) is 17.7. The number of anilines is 2. The van der Waals surface area contributed by atoms with Crippen molar-refractivity contribution in [2.75, 3.05) is 11.4 Å². The molecule has 11 rings (SSSR count). The number of nitrogens with zero attached hydrogens (tertiary/aromatic N) is 2. The molecular formula is C64H48N2. The minimum atomic E-state index is -0.113. The van der Waals surface area contributed by atoms with Crippen LogP contribution in [0.25, 0.3) is 77.6 Å². The quantitative estimate of drug-likeness (QED) is 0.0983. The third-order valence-electron chi connectivity index (χ3n) is 13.4. The van der Waals surface area contributed by atoms with Crippen molar-refractivity contribution in [3.8, 4) is 62.5 Å². The van der Waals surface area contributed by atoms with E-state index in [0.29, 0.717) is 6.54 Å². The highest BCUT2D eigenvalue weighted by atomic mass is 15.1. The molecule has 0 saturated carbocycles. The highest BCUT2D eigenvalue weighted by Gasteiger charge is 2.35. The van der Waals surface area contributed by atoms with Crippen molar-refractivity contribution in [1.82, 2.24) is 4.57 Å². The predicted molar refractivity (Wildman–Crippen MR) is 280 cm³/mol. The molecule has 0 fully saturated rings. The standard InChI is InChI=1S/C64H48N2/c1-4-17-45(46-18-8-5-9-19-46)24-16-41-65(55-37-38-57-56-25-14-15-26-60(56)64(2,3)61(57)44-55)53-33-27-50(28-34-53)52-32-40-63-59(43-52)58-42-51(48-22-12-7-13-23-48)31-39-62(58)66(63)54-35-29-49(30-36-54)47-20-10-6-11-21-47/h1,5-40,42-44H,41H2,2-3H3/b24-16-,45-17+. The fraction of sp³-hybridized carbons (Fsp3) is 0.0625. The Labute approximate surface area is 388 Å². The van der Waals surface area contributed by atoms with Gasteiger partial charge in [-0.3, -0.25) is 0 Å². The monoisotopic (exact) mass is 844 g/mol. The average Bonchev–Trinajstić information content (AvgIpc) is 3.82. The number of hydrogen-bond acceptors (Lipinski definition) is 1. The Morgan fingerprint density at radius 3 is 1.64 bits per heavy atom. The van der Waals surface area contributed by atoms with Gasteiger partial charge in [-0.1, -0.05) is 190 Å². The Balaban J connectivity index is 0.984. The zero-order valence-corrected chi connectivity index (χ0v) is 37.2. The molecule has 1 aliphatic carbocycles. The van der Waals surface area contributed by atoms with Crippen molar-refractivity contribution in [2.45, 2.75) is 19.3 Å². The summed E-state index contributed by atoms with van der Waals surface area (Å²) in [7, 11) is 0. The summed E-state index contributed by atoms with van der Waals surface area (Å²) >= 11 is 0. The maximum absolute atomic E-state index is 5.82. The smallest absolute Gasteiger partial charge is 0.0541 e. The third kappa shape index (κ3) is 7.31. The summed E-state index contributed by atoms with van der Waals surface area (Å²) in [6.45, 7) is 5.34. The number of allylic oxidation sites excluding steroid dienone is 3. The van der Waals surface area contributed by atoms with Gasteiger partial charge in [0.1, 0.15) is 0 Å². The third-order valence-corrected chi connectivity index (χ3v) is 13.4. The van der Waals surface area contributed by atoms with Crippen LogP contribution in [0, 0.1) is 12.3 Å². The van der Waals surface area contributed by atoms with Gasteiger partial charge in [-0.05, 0) is 134 Å². The van der Waals surface area contributed by atoms with Crippen LogP contribution in [0.1, 0.15) is 30.5 Å². The van der Waals surface area contributed by atoms with Crippen LogP contribution in [-0.2, 0) is 5.41 Å². The molecule has 66 heavy (non-hydrogen) atoms. The van der Waals surface area contributed by atoms with Crippen LogP contribution < -0.4 is 4.90 Å². The zero-order valence-electron chi connectivity index (χ0n) is 37.2. The highest BCUT2D eigenvalue weighted by Crippen LogP contribution is 2.50. The first-order valence-electron chi connectivity index (χ1n) is 22.7. The van der Waals surface area contributed by atoms with Crippen molar-refractivity contribution >= 4 is 38.8 Å². The van der Waals surface area contributed by atoms with Crippen LogP contribution in [0.2, 0.25) is 0 Å². The Hall–Kier alpha value is -8.38. The summed E-state index contributed by atoms with van der Waals surface area (Å²) in [5.74, 6) is 2.76. The summed E-state index contributed by atoms with van der Waals surface area (Å²) < 4.78 is 2.41. The summed E-state index contributed by atoms with van der Waals surface area (Å²) in [6, 6.07) is 79.2. The van der Waals surface area contributed by atoms with Gasteiger partial charge >= 0.3 is 0 Å². The van der Waals surface area contributed by atoms with Gasteiger partial charge in [0.2, 0.25) is 0 Å². The molecule has 9 aromatic carbocycles. The van der Waals surface area contributed by atoms with E-state index in [1.54, 1.807) is 0 Å². The number of benzene rings is 9. The van der Waals surface area contributed by atoms with Gasteiger partial charge in [-0.25, -0.2) is 0 Å². The van der Waals surface area contributed by atoms with Crippen LogP contribution in [0.15, 0.2) is 237 Å². The first-order valence-corrected chi connectivity index (χ1v) is 22.7. The van der Waals surface area contributed by atoms with Gasteiger partial charge in [0.05, 0.1) is 11.0 Å². The van der Waals surface area contributed by atoms with Gasteiger partial charge in [-0.2, -0.15) is 0 Å². The van der Waals surface area contributed by atoms with E-state index in [1.165, 1.54) is 71.9 Å². The molecular weight excluding hydrogens is 797 g/mol. The lowest BCUT2D eigenvalue weighted by atomic mass is 9.82. The molecule has 0 aliphatic heterocycles. The minimum Gasteiger partial charge on any atom is -0.338 e. The van der Waals surface area contributed by atoms with E-state index in [0.717, 1.165) is 33.8 Å². The molecule has 0 spiro atoms. The Morgan fingerprint density at radius 2 is 1.00 bits per heavy atom. The number of terminal acetylenes is 1. The molecule has 1 aliphatic rings. The Morgan fingerprint density at radius 1 is 0.500 bits per heavy atom. The fourth-order valence-corrected chi connectivity index (χ4v) is 10.0. The van der Waals surface area contributed by atoms with Crippen LogP contribution >= 0.6 is 0 Å². The Bertz CT molecular complexity index is 3490. The van der Waals surface area contributed by atoms with Gasteiger partial charge < -0.3 is 9.47 Å². The van der Waals surface area contributed by atoms with Crippen LogP contribution in [0.3, 0.4) is 0 Å². The molecule has 0 amide bonds. The van der Waals surface area contributed by atoms with Crippen LogP contribution in [0.5, 0.6) is 0 Å². The molecule has 10 aromatic rings. The summed E-state index contributed by atoms with van der Waals surface area (Å²) in [4.78, 5) is 2.41. The lowest BCUT2D eigenvalue weighted by Crippen LogP contribution is -2.19. The summed E-state index contributed by atoms with van der Waals surface area (Å²) in [5.41, 5.74) is 20.3. The van der Waals surface area contributed by atoms with E-state index in [-0.39, 0.29) is 5.41 Å². The molecule has 1 heterocycles. The maximum Gasteiger partial charge on any atom is 0.0541 e. The van der Waals surface area contributed by atoms with Gasteiger partial charge in [0.25, 0.3) is 0 Å². The number of fused-ring (bicyclic) bond motifs is 6. The topological polar surface area (TPSA) is 8.17 Å². The van der Waals surface area contributed by atoms with Crippen molar-refractivity contribution < 1.29 is 0 Å². The lowest BCUT2D eigenvalue weighted by Gasteiger charge is -2.27. The second kappa shape index (κ2) is 17.0. The largest absolute Gasteiger partial charge is 0.338 e. The molecule has 0 N–H and O–H groups in total. The average molecular weight is 845 g/mol. The van der Waals surface area contributed by atoms with Gasteiger partial charge in [0.15, 0.2) is 0 Å². The molecule has 0 unspecified atom stereocenters. The molecule has 0 bridgehead atoms. The Kier molecular flexibility index (Phi) is 10.4. The molecule has 1 aromatic heterocycles. The van der Waals surface area contributed by atoms with E-state index in [4.69, 9.17) is 6.42 Å². The van der Waals surface area contributed by atoms with Gasteiger partial charge in [-0.15, -0.1) is 6.42 Å². The first kappa shape index (κ1) is 40.4. The molecule has 0 radical (unpaired) electrons. The first-order chi connectivity index (χ1) is 32.4. The minimum absolute atomic E-state index is 0.113. The van der Waals surface area contributed by atoms with E-state index >= 15 is 0 Å². The van der Waals surface area contributed by atoms with Crippen molar-refractivity contribution in [1.29, 1.82) is 0 Å². The van der Waals surface area contributed by atoms with E-state index in [1.807, 2.05) is 24.3 Å². The van der Waals surface area contributed by atoms with Crippen molar-refractivity contribution in [3.05, 3.63) is 253 Å². The van der Waals surface area contributed by atoms with Crippen molar-refractivity contribution in [2.24, 2.45) is 0 Å². The summed E-state index contributed by atoms with van der Waals surface area (Å²) in [5, 5.41) is 2.45. The zero-order chi connectivity index (χ0) is 44.6. The number of rotatable bonds is 10. The van der Waals surface area contributed by atoms with Crippen molar-refractivity contribution in [3.63, 3.8) is 0 Å². The highest BCUT2D eigenvalue weighted by molar-refractivity contribution is 6.11. The molecule has 2 heteroatoms. The summed E-state index contributed by atoms with van der Waals surface area (Å²) in [6.07, 6.45) is 12.0. The maximum atomic E-state index is 5.82. The molecule has 314 valence electrons. The number of hydrogen-bond donors (Lipinski definition) is 0. The molecule has 2 nitrogen and oxygen atoms in total.